The van der Waals surface area contributed by atoms with Gasteiger partial charge in [0.2, 0.25) is 0 Å². The third-order valence-corrected chi connectivity index (χ3v) is 5.00. The zero-order chi connectivity index (χ0) is 3.70. The summed E-state index contributed by atoms with van der Waals surface area (Å²) in [4.78, 5) is 0. The molecule has 1 N–H and O–H groups in total. The Bertz CT molecular complexity index is 59.9. The normalized spacial score (nSPS) is 22.6. The van der Waals surface area contributed by atoms with E-state index in [1.807, 2.05) is 9.86 Å². The van der Waals surface area contributed by atoms with Crippen molar-refractivity contribution < 1.29 is 3.18 Å². The van der Waals surface area contributed by atoms with Gasteiger partial charge in [0.1, 0.15) is 0 Å². The van der Waals surface area contributed by atoms with E-state index >= 15 is 0 Å². The van der Waals surface area contributed by atoms with Crippen molar-refractivity contribution in [3.63, 3.8) is 0 Å². The summed E-state index contributed by atoms with van der Waals surface area (Å²) in [6, 6.07) is 0. The van der Waals surface area contributed by atoms with Crippen LogP contribution in [-0.4, -0.2) is 25.4 Å². The van der Waals surface area contributed by atoms with Crippen molar-refractivity contribution in [2.75, 3.05) is 0 Å². The molecule has 1 aliphatic rings. The quantitative estimate of drug-likeness (QED) is 0.616. The third-order valence-electron chi connectivity index (χ3n) is 0.570. The molecular formula is C3H5BiO. The molecule has 0 aromatic heterocycles. The van der Waals surface area contributed by atoms with Crippen LogP contribution >= 0.6 is 0 Å². The van der Waals surface area contributed by atoms with Gasteiger partial charge in [0.05, 0.1) is 0 Å². The Balaban J connectivity index is 2.39. The van der Waals surface area contributed by atoms with Crippen LogP contribution in [-0.2, 0) is 0 Å². The Hall–Kier alpha value is 0.583. The molecule has 0 atom stereocenters. The van der Waals surface area contributed by atoms with Crippen LogP contribution in [0.4, 0.5) is 0 Å². The predicted molar refractivity (Wildman–Crippen MR) is 21.9 cm³/mol. The van der Waals surface area contributed by atoms with Crippen molar-refractivity contribution in [3.8, 4) is 0 Å². The Morgan fingerprint density at radius 1 is 1.80 bits per heavy atom. The average molecular weight is 266 g/mol. The molecule has 0 spiro atoms. The minimum atomic E-state index is -1.63. The molecule has 0 bridgehead atoms. The SMILES string of the molecule is [OH][Bi]1[CH]=C[CH2]1. The Labute approximate surface area is 39.6 Å². The van der Waals surface area contributed by atoms with Gasteiger partial charge in [-0.3, -0.25) is 0 Å². The molecule has 28 valence electrons. The molecule has 5 heavy (non-hydrogen) atoms. The Kier molecular flexibility index (Phi) is 1.02. The summed E-state index contributed by atoms with van der Waals surface area (Å²) in [6.07, 6.45) is 2.04. The second kappa shape index (κ2) is 1.36. The molecule has 1 nitrogen and oxygen atoms in total. The molecule has 0 saturated carbocycles. The van der Waals surface area contributed by atoms with Crippen LogP contribution < -0.4 is 0 Å². The van der Waals surface area contributed by atoms with Crippen LogP contribution in [0.3, 0.4) is 0 Å². The molecule has 0 amide bonds. The van der Waals surface area contributed by atoms with Crippen molar-refractivity contribution in [3.05, 3.63) is 9.86 Å². The van der Waals surface area contributed by atoms with Gasteiger partial charge < -0.3 is 0 Å². The Morgan fingerprint density at radius 2 is 2.20 bits per heavy atom. The van der Waals surface area contributed by atoms with E-state index in [2.05, 4.69) is 0 Å². The number of rotatable bonds is 0. The molecule has 0 saturated heterocycles. The van der Waals surface area contributed by atoms with Gasteiger partial charge in [-0.15, -0.1) is 0 Å². The zero-order valence-corrected chi connectivity index (χ0v) is 6.23. The van der Waals surface area contributed by atoms with Gasteiger partial charge in [-0.05, 0) is 0 Å². The summed E-state index contributed by atoms with van der Waals surface area (Å²) in [7, 11) is 0. The van der Waals surface area contributed by atoms with Crippen LogP contribution in [0.2, 0.25) is 4.13 Å². The number of hydrogen-bond acceptors (Lipinski definition) is 1. The van der Waals surface area contributed by atoms with E-state index in [1.165, 1.54) is 0 Å². The Morgan fingerprint density at radius 3 is 2.20 bits per heavy atom. The van der Waals surface area contributed by atoms with Gasteiger partial charge in [0.25, 0.3) is 0 Å². The van der Waals surface area contributed by atoms with Gasteiger partial charge in [-0.1, -0.05) is 0 Å². The topological polar surface area (TPSA) is 20.2 Å². The molecule has 0 unspecified atom stereocenters. The van der Waals surface area contributed by atoms with Crippen molar-refractivity contribution in [2.45, 2.75) is 4.13 Å². The fourth-order valence-electron chi connectivity index (χ4n) is 0.200. The summed E-state index contributed by atoms with van der Waals surface area (Å²) in [5.41, 5.74) is 0. The number of hydrogen-bond donors (Lipinski definition) is 1. The van der Waals surface area contributed by atoms with Gasteiger partial charge in [-0.2, -0.15) is 0 Å². The maximum absolute atomic E-state index is 8.56. The first-order valence-electron chi connectivity index (χ1n) is 1.52. The maximum atomic E-state index is 8.56. The molecule has 2 heteroatoms. The van der Waals surface area contributed by atoms with Crippen LogP contribution in [0, 0.1) is 0 Å². The fourth-order valence-corrected chi connectivity index (χ4v) is 1.75. The molecule has 0 aliphatic carbocycles. The summed E-state index contributed by atoms with van der Waals surface area (Å²) in [5, 5.41) is 0. The van der Waals surface area contributed by atoms with Crippen LogP contribution in [0.25, 0.3) is 0 Å². The van der Waals surface area contributed by atoms with E-state index in [0.29, 0.717) is 0 Å². The minimum absolute atomic E-state index is 1.06. The van der Waals surface area contributed by atoms with Gasteiger partial charge in [0.15, 0.2) is 0 Å². The zero-order valence-electron chi connectivity index (χ0n) is 2.76. The van der Waals surface area contributed by atoms with E-state index in [4.69, 9.17) is 3.18 Å². The molecule has 1 rings (SSSR count). The van der Waals surface area contributed by atoms with Crippen molar-refractivity contribution >= 4 is 22.2 Å². The monoisotopic (exact) mass is 266 g/mol. The first-order chi connectivity index (χ1) is 2.39. The van der Waals surface area contributed by atoms with E-state index in [1.54, 1.807) is 0 Å². The molecule has 1 aliphatic heterocycles. The van der Waals surface area contributed by atoms with Crippen molar-refractivity contribution in [2.24, 2.45) is 0 Å². The standard InChI is InChI=1S/C3H4.Bi.H2O/c1-3-2;;/h1,3H,2H2;;1H2/q;+1;/p-1. The molecule has 0 aromatic rings. The van der Waals surface area contributed by atoms with Crippen LogP contribution in [0.1, 0.15) is 0 Å². The predicted octanol–water partition coefficient (Wildman–Crippen LogP) is 0.0792. The summed E-state index contributed by atoms with van der Waals surface area (Å²) < 4.78 is 11.6. The van der Waals surface area contributed by atoms with E-state index in [9.17, 15) is 0 Å². The molecule has 1 heterocycles. The van der Waals surface area contributed by atoms with E-state index in [-0.39, 0.29) is 0 Å². The fraction of sp³-hybridized carbons (Fsp3) is 0.333. The van der Waals surface area contributed by atoms with E-state index in [0.717, 1.165) is 4.13 Å². The second-order valence-corrected chi connectivity index (χ2v) is 7.00. The van der Waals surface area contributed by atoms with Crippen LogP contribution in [0.15, 0.2) is 9.86 Å². The summed E-state index contributed by atoms with van der Waals surface area (Å²) in [6.45, 7) is 0. The third kappa shape index (κ3) is 0.706. The van der Waals surface area contributed by atoms with E-state index < -0.39 is 22.2 Å². The van der Waals surface area contributed by atoms with Crippen molar-refractivity contribution in [1.82, 2.24) is 0 Å². The first kappa shape index (κ1) is 3.76. The summed E-state index contributed by atoms with van der Waals surface area (Å²) in [5.74, 6) is 0. The molecule has 0 radical (unpaired) electrons. The second-order valence-electron chi connectivity index (χ2n) is 1.01. The van der Waals surface area contributed by atoms with Gasteiger partial charge in [-0.25, -0.2) is 0 Å². The van der Waals surface area contributed by atoms with Crippen molar-refractivity contribution in [1.29, 1.82) is 0 Å². The number of allylic oxidation sites excluding steroid dienone is 1. The first-order valence-corrected chi connectivity index (χ1v) is 7.54. The average Bonchev–Trinajstić information content (AvgIpc) is 1.30. The van der Waals surface area contributed by atoms with Gasteiger partial charge in [0, 0.05) is 0 Å². The summed E-state index contributed by atoms with van der Waals surface area (Å²) >= 11 is -1.63. The van der Waals surface area contributed by atoms with Crippen LogP contribution in [0.5, 0.6) is 0 Å². The molecule has 0 fully saturated rings. The van der Waals surface area contributed by atoms with Gasteiger partial charge >= 0.3 is 39.4 Å². The molecular weight excluding hydrogens is 261 g/mol. The molecule has 0 aromatic carbocycles.